The summed E-state index contributed by atoms with van der Waals surface area (Å²) >= 11 is 1.44. The molecule has 0 saturated carbocycles. The minimum Gasteiger partial charge on any atom is -0.478 e. The molecule has 132 valence electrons. The zero-order chi connectivity index (χ0) is 18.2. The number of thiazole rings is 1. The third-order valence-corrected chi connectivity index (χ3v) is 4.52. The van der Waals surface area contributed by atoms with Crippen LogP contribution in [0.15, 0.2) is 35.2 Å². The minimum atomic E-state index is -0.867. The van der Waals surface area contributed by atoms with Gasteiger partial charge >= 0.3 is 5.97 Å². The lowest BCUT2D eigenvalue weighted by Crippen LogP contribution is -2.05. The van der Waals surface area contributed by atoms with Crippen LogP contribution in [0.4, 0.5) is 5.13 Å². The minimum absolute atomic E-state index is 0.107. The molecule has 2 aromatic rings. The highest BCUT2D eigenvalue weighted by atomic mass is 32.1. The first-order valence-electron chi connectivity index (χ1n) is 8.22. The Kier molecular flexibility index (Phi) is 6.89. The second-order valence-electron chi connectivity index (χ2n) is 5.75. The molecule has 2 rings (SSSR count). The molecule has 5 nitrogen and oxygen atoms in total. The molecule has 1 heterocycles. The van der Waals surface area contributed by atoms with Gasteiger partial charge in [-0.3, -0.25) is 4.79 Å². The summed E-state index contributed by atoms with van der Waals surface area (Å²) in [5, 5.41) is 14.4. The van der Waals surface area contributed by atoms with Crippen molar-refractivity contribution in [3.05, 3.63) is 52.0 Å². The van der Waals surface area contributed by atoms with E-state index < -0.39 is 5.97 Å². The molecule has 0 radical (unpaired) electrons. The van der Waals surface area contributed by atoms with Gasteiger partial charge in [0.15, 0.2) is 5.13 Å². The first-order chi connectivity index (χ1) is 12.0. The third-order valence-electron chi connectivity index (χ3n) is 3.71. The van der Waals surface area contributed by atoms with E-state index in [4.69, 9.17) is 5.11 Å². The van der Waals surface area contributed by atoms with Crippen molar-refractivity contribution in [3.8, 4) is 0 Å². The third kappa shape index (κ3) is 6.15. The number of hydrogen-bond acceptors (Lipinski definition) is 4. The quantitative estimate of drug-likeness (QED) is 0.695. The molecule has 6 heteroatoms. The highest BCUT2D eigenvalue weighted by molar-refractivity contribution is 7.13. The molecule has 0 saturated heterocycles. The van der Waals surface area contributed by atoms with Crippen molar-refractivity contribution in [2.75, 3.05) is 5.32 Å². The monoisotopic (exact) mass is 358 g/mol. The Morgan fingerprint density at radius 3 is 2.56 bits per heavy atom. The van der Waals surface area contributed by atoms with Gasteiger partial charge in [-0.25, -0.2) is 9.78 Å². The lowest BCUT2D eigenvalue weighted by atomic mass is 10.0. The van der Waals surface area contributed by atoms with Crippen LogP contribution in [0.1, 0.15) is 43.5 Å². The van der Waals surface area contributed by atoms with Gasteiger partial charge in [-0.15, -0.1) is 11.3 Å². The van der Waals surface area contributed by atoms with Gasteiger partial charge in [-0.2, -0.15) is 0 Å². The molecular weight excluding hydrogens is 336 g/mol. The first-order valence-corrected chi connectivity index (χ1v) is 9.10. The molecule has 0 aliphatic heterocycles. The topological polar surface area (TPSA) is 79.3 Å². The zero-order valence-electron chi connectivity index (χ0n) is 14.4. The van der Waals surface area contributed by atoms with E-state index in [1.807, 2.05) is 36.6 Å². The number of carbonyl (C=O) groups is 2. The van der Waals surface area contributed by atoms with Crippen LogP contribution in [0.2, 0.25) is 0 Å². The smallest absolute Gasteiger partial charge is 0.331 e. The van der Waals surface area contributed by atoms with Gasteiger partial charge in [-0.05, 0) is 42.9 Å². The number of hydrogen-bond donors (Lipinski definition) is 2. The number of nitrogens with one attached hydrogen (secondary N) is 1. The fourth-order valence-electron chi connectivity index (χ4n) is 2.40. The number of carboxylic acids is 1. The molecule has 1 amide bonds. The van der Waals surface area contributed by atoms with Gasteiger partial charge in [0.1, 0.15) is 0 Å². The molecule has 0 aliphatic rings. The van der Waals surface area contributed by atoms with E-state index >= 15 is 0 Å². The van der Waals surface area contributed by atoms with Gasteiger partial charge in [0, 0.05) is 17.9 Å². The molecule has 25 heavy (non-hydrogen) atoms. The van der Waals surface area contributed by atoms with E-state index in [2.05, 4.69) is 10.3 Å². The SMILES string of the molecule is CC/C(=C\c1ccc(CCCc2csc(NC(C)=O)n2)cc1)C(=O)O. The average Bonchev–Trinajstić information content (AvgIpc) is 3.00. The second kappa shape index (κ2) is 9.13. The maximum atomic E-state index is 11.0. The predicted molar refractivity (Wildman–Crippen MR) is 101 cm³/mol. The van der Waals surface area contributed by atoms with E-state index in [0.717, 1.165) is 30.5 Å². The summed E-state index contributed by atoms with van der Waals surface area (Å²) in [6, 6.07) is 7.97. The predicted octanol–water partition coefficient (Wildman–Crippen LogP) is 4.15. The van der Waals surface area contributed by atoms with Gasteiger partial charge in [0.25, 0.3) is 0 Å². The summed E-state index contributed by atoms with van der Waals surface area (Å²) in [4.78, 5) is 26.4. The highest BCUT2D eigenvalue weighted by Gasteiger charge is 2.05. The fourth-order valence-corrected chi connectivity index (χ4v) is 3.19. The number of carbonyl (C=O) groups excluding carboxylic acids is 1. The molecule has 1 aromatic heterocycles. The van der Waals surface area contributed by atoms with E-state index in [-0.39, 0.29) is 5.91 Å². The van der Waals surface area contributed by atoms with Crippen LogP contribution in [-0.4, -0.2) is 22.0 Å². The van der Waals surface area contributed by atoms with Gasteiger partial charge in [-0.1, -0.05) is 31.2 Å². The van der Waals surface area contributed by atoms with Crippen molar-refractivity contribution in [3.63, 3.8) is 0 Å². The van der Waals surface area contributed by atoms with Crippen molar-refractivity contribution in [1.29, 1.82) is 0 Å². The summed E-state index contributed by atoms with van der Waals surface area (Å²) in [7, 11) is 0. The number of aliphatic carboxylic acids is 1. The molecule has 0 spiro atoms. The molecule has 0 unspecified atom stereocenters. The molecule has 0 fully saturated rings. The molecule has 0 bridgehead atoms. The normalized spacial score (nSPS) is 11.4. The van der Waals surface area contributed by atoms with Crippen molar-refractivity contribution in [1.82, 2.24) is 4.98 Å². The van der Waals surface area contributed by atoms with Crippen LogP contribution >= 0.6 is 11.3 Å². The van der Waals surface area contributed by atoms with E-state index in [1.165, 1.54) is 23.8 Å². The largest absolute Gasteiger partial charge is 0.478 e. The summed E-state index contributed by atoms with van der Waals surface area (Å²) in [6.45, 7) is 3.31. The Morgan fingerprint density at radius 1 is 1.24 bits per heavy atom. The second-order valence-corrected chi connectivity index (χ2v) is 6.61. The number of anilines is 1. The number of benzene rings is 1. The van der Waals surface area contributed by atoms with Crippen LogP contribution in [0.5, 0.6) is 0 Å². The van der Waals surface area contributed by atoms with Crippen molar-refractivity contribution in [2.24, 2.45) is 0 Å². The molecule has 0 aliphatic carbocycles. The Morgan fingerprint density at radius 2 is 1.96 bits per heavy atom. The van der Waals surface area contributed by atoms with Gasteiger partial charge in [0.2, 0.25) is 5.91 Å². The first kappa shape index (κ1) is 18.9. The highest BCUT2D eigenvalue weighted by Crippen LogP contribution is 2.18. The van der Waals surface area contributed by atoms with Crippen molar-refractivity contribution < 1.29 is 14.7 Å². The molecule has 2 N–H and O–H groups in total. The summed E-state index contributed by atoms with van der Waals surface area (Å²) in [5.41, 5.74) is 3.51. The maximum absolute atomic E-state index is 11.0. The Hall–Kier alpha value is -2.47. The van der Waals surface area contributed by atoms with Crippen LogP contribution in [-0.2, 0) is 22.4 Å². The number of nitrogens with zero attached hydrogens (tertiary/aromatic N) is 1. The maximum Gasteiger partial charge on any atom is 0.331 e. The van der Waals surface area contributed by atoms with E-state index in [9.17, 15) is 9.59 Å². The van der Waals surface area contributed by atoms with Crippen LogP contribution < -0.4 is 5.32 Å². The summed E-state index contributed by atoms with van der Waals surface area (Å²) in [5.74, 6) is -0.974. The number of rotatable bonds is 8. The molecule has 1 aromatic carbocycles. The van der Waals surface area contributed by atoms with E-state index in [1.54, 1.807) is 6.08 Å². The standard InChI is InChI=1S/C19H22N2O3S/c1-3-16(18(23)24)11-15-9-7-14(8-10-15)5-4-6-17-12-25-19(21-17)20-13(2)22/h7-12H,3-6H2,1-2H3,(H,23,24)(H,20,21,22)/b16-11+. The Bertz CT molecular complexity index is 763. The number of amides is 1. The Balaban J connectivity index is 1.86. The number of carboxylic acid groups (broad SMARTS) is 1. The molecular formula is C19H22N2O3S. The van der Waals surface area contributed by atoms with Gasteiger partial charge in [0.05, 0.1) is 5.69 Å². The van der Waals surface area contributed by atoms with Crippen LogP contribution in [0, 0.1) is 0 Å². The van der Waals surface area contributed by atoms with E-state index in [0.29, 0.717) is 17.1 Å². The molecule has 0 atom stereocenters. The number of aryl methyl sites for hydroxylation is 2. The lowest BCUT2D eigenvalue weighted by Gasteiger charge is -2.03. The van der Waals surface area contributed by atoms with Gasteiger partial charge < -0.3 is 10.4 Å². The lowest BCUT2D eigenvalue weighted by molar-refractivity contribution is -0.132. The summed E-state index contributed by atoms with van der Waals surface area (Å²) < 4.78 is 0. The fraction of sp³-hybridized carbons (Fsp3) is 0.316. The summed E-state index contributed by atoms with van der Waals surface area (Å²) in [6.07, 6.45) is 4.97. The van der Waals surface area contributed by atoms with Crippen molar-refractivity contribution in [2.45, 2.75) is 39.5 Å². The number of aromatic nitrogens is 1. The zero-order valence-corrected chi connectivity index (χ0v) is 15.2. The van der Waals surface area contributed by atoms with Crippen LogP contribution in [0.3, 0.4) is 0 Å². The van der Waals surface area contributed by atoms with Crippen LogP contribution in [0.25, 0.3) is 6.08 Å². The van der Waals surface area contributed by atoms with Crippen molar-refractivity contribution >= 4 is 34.4 Å². The Labute approximate surface area is 151 Å². The average molecular weight is 358 g/mol.